The molecule has 40 heavy (non-hydrogen) atoms. The number of nitrogens with zero attached hydrogens (tertiary/aromatic N) is 1. The Labute approximate surface area is 235 Å². The minimum Gasteiger partial charge on any atom is -0.507 e. The van der Waals surface area contributed by atoms with E-state index >= 15 is 0 Å². The third-order valence-corrected chi connectivity index (χ3v) is 7.45. The summed E-state index contributed by atoms with van der Waals surface area (Å²) in [5.41, 5.74) is 3.21. The van der Waals surface area contributed by atoms with Crippen LogP contribution in [0.2, 0.25) is 0 Å². The molecule has 2 aliphatic rings. The van der Waals surface area contributed by atoms with E-state index in [1.54, 1.807) is 36.3 Å². The lowest BCUT2D eigenvalue weighted by atomic mass is 9.94. The highest BCUT2D eigenvalue weighted by molar-refractivity contribution is 6.46. The average molecular weight is 542 g/mol. The zero-order valence-electron chi connectivity index (χ0n) is 23.2. The number of rotatable bonds is 10. The van der Waals surface area contributed by atoms with Gasteiger partial charge in [0.1, 0.15) is 17.6 Å². The Morgan fingerprint density at radius 3 is 2.60 bits per heavy atom. The van der Waals surface area contributed by atoms with Gasteiger partial charge < -0.3 is 24.2 Å². The number of benzene rings is 3. The summed E-state index contributed by atoms with van der Waals surface area (Å²) >= 11 is 0. The maximum atomic E-state index is 13.5. The first-order valence-corrected chi connectivity index (χ1v) is 13.8. The quantitative estimate of drug-likeness (QED) is 0.150. The highest BCUT2D eigenvalue weighted by atomic mass is 16.5. The van der Waals surface area contributed by atoms with Crippen LogP contribution in [-0.4, -0.2) is 48.1 Å². The lowest BCUT2D eigenvalue weighted by Gasteiger charge is -2.26. The van der Waals surface area contributed by atoms with Gasteiger partial charge in [0.25, 0.3) is 11.7 Å². The van der Waals surface area contributed by atoms with Gasteiger partial charge in [-0.2, -0.15) is 0 Å². The molecule has 0 aliphatic carbocycles. The molecule has 5 rings (SSSR count). The van der Waals surface area contributed by atoms with Crippen LogP contribution in [0.5, 0.6) is 17.2 Å². The molecule has 0 aromatic heterocycles. The number of ether oxygens (including phenoxy) is 3. The number of methoxy groups -OCH3 is 1. The van der Waals surface area contributed by atoms with Crippen molar-refractivity contribution in [2.45, 2.75) is 51.7 Å². The Kier molecular flexibility index (Phi) is 8.10. The summed E-state index contributed by atoms with van der Waals surface area (Å²) in [4.78, 5) is 28.5. The topological polar surface area (TPSA) is 85.3 Å². The molecule has 2 heterocycles. The summed E-state index contributed by atoms with van der Waals surface area (Å²) in [6.07, 6.45) is 3.23. The van der Waals surface area contributed by atoms with Crippen molar-refractivity contribution in [2.75, 3.05) is 20.3 Å². The van der Waals surface area contributed by atoms with Crippen molar-refractivity contribution in [3.8, 4) is 17.2 Å². The van der Waals surface area contributed by atoms with E-state index in [1.165, 1.54) is 0 Å². The number of unbranched alkanes of at least 4 members (excludes halogenated alkanes) is 1. The summed E-state index contributed by atoms with van der Waals surface area (Å²) < 4.78 is 17.3. The van der Waals surface area contributed by atoms with Gasteiger partial charge in [-0.3, -0.25) is 9.59 Å². The van der Waals surface area contributed by atoms with Crippen molar-refractivity contribution in [3.63, 3.8) is 0 Å². The lowest BCUT2D eigenvalue weighted by Crippen LogP contribution is -2.31. The molecule has 208 valence electrons. The van der Waals surface area contributed by atoms with Crippen LogP contribution >= 0.6 is 0 Å². The van der Waals surface area contributed by atoms with Gasteiger partial charge in [0.15, 0.2) is 11.5 Å². The standard InChI is InChI=1S/C33H35NO6/c1-4-5-17-39-27-14-11-23(20-28(27)38-3)30-29(31(35)24-12-13-26-25(19-24)18-21(2)40-26)32(36)33(37)34(30)16-15-22-9-7-6-8-10-22/h6-14,19-21,30,35H,4-5,15-18H2,1-3H3/t21-,30+/m0/s1. The van der Waals surface area contributed by atoms with E-state index in [9.17, 15) is 14.7 Å². The fourth-order valence-corrected chi connectivity index (χ4v) is 5.38. The predicted octanol–water partition coefficient (Wildman–Crippen LogP) is 5.86. The van der Waals surface area contributed by atoms with Crippen LogP contribution in [0.3, 0.4) is 0 Å². The molecule has 2 aliphatic heterocycles. The van der Waals surface area contributed by atoms with Crippen LogP contribution in [0.4, 0.5) is 0 Å². The Balaban J connectivity index is 1.57. The molecule has 3 aromatic rings. The van der Waals surface area contributed by atoms with Crippen molar-refractivity contribution in [1.29, 1.82) is 0 Å². The fraction of sp³-hybridized carbons (Fsp3) is 0.333. The molecule has 2 atom stereocenters. The van der Waals surface area contributed by atoms with Crippen molar-refractivity contribution >= 4 is 17.4 Å². The first-order chi connectivity index (χ1) is 19.4. The van der Waals surface area contributed by atoms with Gasteiger partial charge in [0, 0.05) is 18.5 Å². The maximum absolute atomic E-state index is 13.5. The monoisotopic (exact) mass is 541 g/mol. The maximum Gasteiger partial charge on any atom is 0.295 e. The molecule has 1 fully saturated rings. The van der Waals surface area contributed by atoms with Gasteiger partial charge in [-0.25, -0.2) is 0 Å². The van der Waals surface area contributed by atoms with Crippen LogP contribution in [0.1, 0.15) is 55.0 Å². The molecule has 0 saturated carbocycles. The molecule has 1 saturated heterocycles. The van der Waals surface area contributed by atoms with Crippen molar-refractivity contribution in [2.24, 2.45) is 0 Å². The molecule has 3 aromatic carbocycles. The first kappa shape index (κ1) is 27.3. The van der Waals surface area contributed by atoms with Crippen molar-refractivity contribution in [1.82, 2.24) is 4.90 Å². The first-order valence-electron chi connectivity index (χ1n) is 13.8. The summed E-state index contributed by atoms with van der Waals surface area (Å²) in [5, 5.41) is 11.5. The minimum atomic E-state index is -0.786. The minimum absolute atomic E-state index is 0.0430. The van der Waals surface area contributed by atoms with Gasteiger partial charge >= 0.3 is 0 Å². The zero-order chi connectivity index (χ0) is 28.2. The Bertz CT molecular complexity index is 1430. The van der Waals surface area contributed by atoms with Gasteiger partial charge in [0.2, 0.25) is 0 Å². The molecule has 0 bridgehead atoms. The number of amides is 1. The number of aliphatic hydroxyl groups is 1. The van der Waals surface area contributed by atoms with Gasteiger partial charge in [0.05, 0.1) is 25.3 Å². The number of hydrogen-bond donors (Lipinski definition) is 1. The molecule has 7 heteroatoms. The zero-order valence-corrected chi connectivity index (χ0v) is 23.2. The SMILES string of the molecule is CCCCOc1ccc([C@@H]2C(=C(O)c3ccc4c(c3)C[C@H](C)O4)C(=O)C(=O)N2CCc2ccccc2)cc1OC. The Morgan fingerprint density at radius 2 is 1.85 bits per heavy atom. The highest BCUT2D eigenvalue weighted by Gasteiger charge is 2.46. The second-order valence-corrected chi connectivity index (χ2v) is 10.3. The molecule has 0 unspecified atom stereocenters. The second-order valence-electron chi connectivity index (χ2n) is 10.3. The summed E-state index contributed by atoms with van der Waals surface area (Å²) in [6, 6.07) is 19.8. The molecular weight excluding hydrogens is 506 g/mol. The summed E-state index contributed by atoms with van der Waals surface area (Å²) in [7, 11) is 1.56. The van der Waals surface area contributed by atoms with Crippen LogP contribution in [0.25, 0.3) is 5.76 Å². The largest absolute Gasteiger partial charge is 0.507 e. The third kappa shape index (κ3) is 5.41. The fourth-order valence-electron chi connectivity index (χ4n) is 5.38. The predicted molar refractivity (Wildman–Crippen MR) is 153 cm³/mol. The van der Waals surface area contributed by atoms with Gasteiger partial charge in [-0.1, -0.05) is 49.7 Å². The van der Waals surface area contributed by atoms with Crippen molar-refractivity contribution < 1.29 is 28.9 Å². The van der Waals surface area contributed by atoms with Crippen LogP contribution in [-0.2, 0) is 22.4 Å². The van der Waals surface area contributed by atoms with E-state index in [-0.39, 0.29) is 17.4 Å². The van der Waals surface area contributed by atoms with Crippen LogP contribution < -0.4 is 14.2 Å². The average Bonchev–Trinajstić information content (AvgIpc) is 3.47. The van der Waals surface area contributed by atoms with Gasteiger partial charge in [-0.15, -0.1) is 0 Å². The van der Waals surface area contributed by atoms with E-state index in [4.69, 9.17) is 14.2 Å². The Hall–Kier alpha value is -4.26. The Morgan fingerprint density at radius 1 is 1.05 bits per heavy atom. The van der Waals surface area contributed by atoms with Crippen molar-refractivity contribution in [3.05, 3.63) is 94.6 Å². The number of likely N-dealkylation sites (tertiary alicyclic amines) is 1. The number of Topliss-reactive ketones (excluding diaryl/α,β-unsaturated/α-hetero) is 1. The van der Waals surface area contributed by atoms with Crippen LogP contribution in [0, 0.1) is 0 Å². The molecule has 1 N–H and O–H groups in total. The lowest BCUT2D eigenvalue weighted by molar-refractivity contribution is -0.139. The molecule has 7 nitrogen and oxygen atoms in total. The smallest absolute Gasteiger partial charge is 0.295 e. The summed E-state index contributed by atoms with van der Waals surface area (Å²) in [5.74, 6) is 0.327. The van der Waals surface area contributed by atoms with E-state index < -0.39 is 17.7 Å². The van der Waals surface area contributed by atoms with Gasteiger partial charge in [-0.05, 0) is 66.8 Å². The number of carbonyl (C=O) groups is 2. The van der Waals surface area contributed by atoms with E-state index in [0.29, 0.717) is 48.6 Å². The molecule has 0 radical (unpaired) electrons. The van der Waals surface area contributed by atoms with E-state index in [0.717, 1.165) is 29.7 Å². The number of fused-ring (bicyclic) bond motifs is 1. The second kappa shape index (κ2) is 11.9. The summed E-state index contributed by atoms with van der Waals surface area (Å²) in [6.45, 7) is 4.95. The normalized spacial score (nSPS) is 19.4. The number of hydrogen-bond acceptors (Lipinski definition) is 6. The third-order valence-electron chi connectivity index (χ3n) is 7.45. The number of carbonyl (C=O) groups excluding carboxylic acids is 2. The highest BCUT2D eigenvalue weighted by Crippen LogP contribution is 2.43. The number of aliphatic hydroxyl groups excluding tert-OH is 1. The molecule has 0 spiro atoms. The van der Waals surface area contributed by atoms with E-state index in [2.05, 4.69) is 6.92 Å². The van der Waals surface area contributed by atoms with E-state index in [1.807, 2.05) is 49.4 Å². The van der Waals surface area contributed by atoms with Crippen LogP contribution in [0.15, 0.2) is 72.3 Å². The number of ketones is 1. The molecule has 1 amide bonds. The molecular formula is C33H35NO6.